The second-order valence-corrected chi connectivity index (χ2v) is 8.67. The smallest absolute Gasteiger partial charge is 0.306 e. The molecule has 1 aliphatic rings. The number of thioether (sulfide) groups is 1. The van der Waals surface area contributed by atoms with Gasteiger partial charge >= 0.3 is 5.97 Å². The highest BCUT2D eigenvalue weighted by Crippen LogP contribution is 2.40. The molecule has 2 N–H and O–H groups in total. The fourth-order valence-corrected chi connectivity index (χ4v) is 4.83. The van der Waals surface area contributed by atoms with Crippen LogP contribution >= 0.6 is 11.8 Å². The molecule has 9 heteroatoms. The molecule has 1 aromatic rings. The molecular formula is C20H30N2O6S. The summed E-state index contributed by atoms with van der Waals surface area (Å²) < 4.78 is 4.74. The standard InChI is InChI=1S/C20H30N2O6S/c1-4-9-21(16-8-10-29-20(24,25)13-16)17-7-6-15(11-18(17)22(26)27)14(5-2)12-19(23)28-3/h6-7,11,14,16,24-25H,4-5,8-10,12-13H2,1-3H3. The van der Waals surface area contributed by atoms with E-state index in [4.69, 9.17) is 4.74 Å². The quantitative estimate of drug-likeness (QED) is 0.267. The summed E-state index contributed by atoms with van der Waals surface area (Å²) in [5, 5.41) is 30.2. The molecule has 1 fully saturated rings. The molecule has 0 radical (unpaired) electrons. The number of aliphatic hydroxyl groups is 2. The van der Waals surface area contributed by atoms with Crippen LogP contribution in [-0.4, -0.2) is 51.7 Å². The van der Waals surface area contributed by atoms with Crippen LogP contribution < -0.4 is 4.90 Å². The van der Waals surface area contributed by atoms with Gasteiger partial charge in [-0.3, -0.25) is 14.9 Å². The van der Waals surface area contributed by atoms with Crippen molar-refractivity contribution in [2.45, 2.75) is 63.0 Å². The van der Waals surface area contributed by atoms with Gasteiger partial charge in [0.05, 0.1) is 18.5 Å². The number of methoxy groups -OCH3 is 1. The number of rotatable bonds is 9. The average Bonchev–Trinajstić information content (AvgIpc) is 2.68. The van der Waals surface area contributed by atoms with Crippen molar-refractivity contribution in [3.63, 3.8) is 0 Å². The highest BCUT2D eigenvalue weighted by Gasteiger charge is 2.37. The summed E-state index contributed by atoms with van der Waals surface area (Å²) in [6.07, 6.45) is 2.43. The molecule has 0 amide bonds. The van der Waals surface area contributed by atoms with E-state index in [9.17, 15) is 25.1 Å². The third-order valence-corrected chi connectivity index (χ3v) is 6.37. The monoisotopic (exact) mass is 426 g/mol. The maximum absolute atomic E-state index is 11.9. The molecule has 2 atom stereocenters. The normalized spacial score (nSPS) is 19.4. The van der Waals surface area contributed by atoms with Crippen molar-refractivity contribution in [1.82, 2.24) is 0 Å². The summed E-state index contributed by atoms with van der Waals surface area (Å²) in [6.45, 7) is 4.49. The summed E-state index contributed by atoms with van der Waals surface area (Å²) in [4.78, 5) is 25.1. The van der Waals surface area contributed by atoms with Gasteiger partial charge in [0.25, 0.3) is 5.69 Å². The van der Waals surface area contributed by atoms with Crippen molar-refractivity contribution in [2.24, 2.45) is 0 Å². The zero-order valence-electron chi connectivity index (χ0n) is 17.2. The minimum atomic E-state index is -1.82. The number of nitro groups is 1. The van der Waals surface area contributed by atoms with Crippen LogP contribution in [0.25, 0.3) is 0 Å². The number of carbonyl (C=O) groups excluding carboxylic acids is 1. The van der Waals surface area contributed by atoms with E-state index in [1.807, 2.05) is 24.8 Å². The fraction of sp³-hybridized carbons (Fsp3) is 0.650. The molecule has 0 bridgehead atoms. The first kappa shape index (κ1) is 23.4. The maximum Gasteiger partial charge on any atom is 0.306 e. The van der Waals surface area contributed by atoms with Crippen LogP contribution in [0.1, 0.15) is 57.4 Å². The Bertz CT molecular complexity index is 727. The predicted molar refractivity (Wildman–Crippen MR) is 113 cm³/mol. The van der Waals surface area contributed by atoms with Crippen molar-refractivity contribution >= 4 is 29.1 Å². The highest BCUT2D eigenvalue weighted by molar-refractivity contribution is 8.00. The zero-order valence-corrected chi connectivity index (χ0v) is 18.0. The highest BCUT2D eigenvalue weighted by atomic mass is 32.2. The number of carbonyl (C=O) groups is 1. The third kappa shape index (κ3) is 6.07. The van der Waals surface area contributed by atoms with Crippen molar-refractivity contribution in [1.29, 1.82) is 0 Å². The largest absolute Gasteiger partial charge is 0.469 e. The lowest BCUT2D eigenvalue weighted by Crippen LogP contribution is -2.45. The van der Waals surface area contributed by atoms with Crippen LogP contribution in [0.5, 0.6) is 0 Å². The summed E-state index contributed by atoms with van der Waals surface area (Å²) in [5.74, 6) is 0.0578. The summed E-state index contributed by atoms with van der Waals surface area (Å²) in [7, 11) is 1.33. The summed E-state index contributed by atoms with van der Waals surface area (Å²) in [6, 6.07) is 4.89. The minimum absolute atomic E-state index is 0.0287. The molecular weight excluding hydrogens is 396 g/mol. The van der Waals surface area contributed by atoms with Gasteiger partial charge in [-0.1, -0.05) is 31.7 Å². The predicted octanol–water partition coefficient (Wildman–Crippen LogP) is 3.40. The van der Waals surface area contributed by atoms with Gasteiger partial charge in [0.1, 0.15) is 5.69 Å². The van der Waals surface area contributed by atoms with Gasteiger partial charge in [-0.25, -0.2) is 0 Å². The van der Waals surface area contributed by atoms with Crippen LogP contribution in [0.15, 0.2) is 18.2 Å². The number of nitro benzene ring substituents is 1. The Morgan fingerprint density at radius 1 is 1.45 bits per heavy atom. The van der Waals surface area contributed by atoms with E-state index in [-0.39, 0.29) is 36.5 Å². The number of hydrogen-bond donors (Lipinski definition) is 2. The Hall–Kier alpha value is -1.84. The van der Waals surface area contributed by atoms with Crippen molar-refractivity contribution < 1.29 is 24.7 Å². The number of hydrogen-bond acceptors (Lipinski definition) is 8. The van der Waals surface area contributed by atoms with Crippen LogP contribution in [0.4, 0.5) is 11.4 Å². The van der Waals surface area contributed by atoms with Crippen LogP contribution in [0.3, 0.4) is 0 Å². The van der Waals surface area contributed by atoms with Gasteiger partial charge in [-0.05, 0) is 36.8 Å². The molecule has 8 nitrogen and oxygen atoms in total. The molecule has 2 rings (SSSR count). The molecule has 0 saturated carbocycles. The molecule has 0 spiro atoms. The number of anilines is 1. The Morgan fingerprint density at radius 3 is 2.72 bits per heavy atom. The lowest BCUT2D eigenvalue weighted by Gasteiger charge is -2.40. The van der Waals surface area contributed by atoms with Crippen molar-refractivity contribution in [3.05, 3.63) is 33.9 Å². The van der Waals surface area contributed by atoms with Crippen molar-refractivity contribution in [2.75, 3.05) is 24.3 Å². The third-order valence-electron chi connectivity index (χ3n) is 5.30. The van der Waals surface area contributed by atoms with Gasteiger partial charge in [-0.15, -0.1) is 0 Å². The van der Waals surface area contributed by atoms with Gasteiger partial charge in [-0.2, -0.15) is 0 Å². The van der Waals surface area contributed by atoms with Gasteiger partial charge in [0, 0.05) is 30.8 Å². The van der Waals surface area contributed by atoms with Gasteiger partial charge in [0.2, 0.25) is 5.12 Å². The lowest BCUT2D eigenvalue weighted by molar-refractivity contribution is -0.384. The molecule has 0 aliphatic carbocycles. The zero-order chi connectivity index (χ0) is 21.6. The first-order valence-electron chi connectivity index (χ1n) is 9.92. The SMILES string of the molecule is CCCN(c1ccc(C(CC)CC(=O)OC)cc1[N+](=O)[O-])C1CCSC(O)(O)C1. The Labute approximate surface area is 175 Å². The van der Waals surface area contributed by atoms with E-state index in [1.165, 1.54) is 13.2 Å². The van der Waals surface area contributed by atoms with E-state index in [1.54, 1.807) is 6.07 Å². The molecule has 2 unspecified atom stereocenters. The van der Waals surface area contributed by atoms with Crippen LogP contribution in [-0.2, 0) is 9.53 Å². The van der Waals surface area contributed by atoms with E-state index in [0.29, 0.717) is 30.8 Å². The van der Waals surface area contributed by atoms with Crippen molar-refractivity contribution in [3.8, 4) is 0 Å². The van der Waals surface area contributed by atoms with Gasteiger partial charge in [0.15, 0.2) is 0 Å². The molecule has 0 aromatic heterocycles. The van der Waals surface area contributed by atoms with Crippen LogP contribution in [0, 0.1) is 10.1 Å². The van der Waals surface area contributed by atoms with Crippen LogP contribution in [0.2, 0.25) is 0 Å². The number of nitrogens with zero attached hydrogens (tertiary/aromatic N) is 2. The van der Waals surface area contributed by atoms with Gasteiger partial charge < -0.3 is 19.8 Å². The topological polar surface area (TPSA) is 113 Å². The van der Waals surface area contributed by atoms with E-state index in [2.05, 4.69) is 0 Å². The average molecular weight is 427 g/mol. The first-order chi connectivity index (χ1) is 13.7. The molecule has 1 saturated heterocycles. The minimum Gasteiger partial charge on any atom is -0.469 e. The second kappa shape index (κ2) is 10.3. The summed E-state index contributed by atoms with van der Waals surface area (Å²) in [5.41, 5.74) is 1.17. The molecule has 162 valence electrons. The molecule has 1 heterocycles. The molecule has 29 heavy (non-hydrogen) atoms. The van der Waals surface area contributed by atoms with E-state index < -0.39 is 10.0 Å². The number of ether oxygens (including phenoxy) is 1. The van der Waals surface area contributed by atoms with E-state index in [0.717, 1.165) is 23.7 Å². The van der Waals surface area contributed by atoms with E-state index >= 15 is 0 Å². The Balaban J connectivity index is 2.41. The maximum atomic E-state index is 11.9. The number of esters is 1. The second-order valence-electron chi connectivity index (χ2n) is 7.32. The lowest BCUT2D eigenvalue weighted by atomic mass is 9.92. The Morgan fingerprint density at radius 2 is 2.17 bits per heavy atom. The number of benzene rings is 1. The Kier molecular flexibility index (Phi) is 8.30. The first-order valence-corrected chi connectivity index (χ1v) is 10.9. The summed E-state index contributed by atoms with van der Waals surface area (Å²) >= 11 is 1.09. The molecule has 1 aromatic carbocycles. The fourth-order valence-electron chi connectivity index (χ4n) is 3.80. The molecule has 1 aliphatic heterocycles.